The van der Waals surface area contributed by atoms with Crippen LogP contribution in [0.1, 0.15) is 25.3 Å². The summed E-state index contributed by atoms with van der Waals surface area (Å²) in [6.07, 6.45) is 4.07. The molecular formula is C28H34N6O3S. The molecule has 0 radical (unpaired) electrons. The largest absolute Gasteiger partial charge is 0.486 e. The van der Waals surface area contributed by atoms with Crippen LogP contribution in [0.3, 0.4) is 0 Å². The van der Waals surface area contributed by atoms with Gasteiger partial charge in [-0.25, -0.2) is 8.51 Å². The van der Waals surface area contributed by atoms with Crippen LogP contribution < -0.4 is 25.8 Å². The molecule has 38 heavy (non-hydrogen) atoms. The smallest absolute Gasteiger partial charge is 0.316 e. The van der Waals surface area contributed by atoms with E-state index in [1.165, 1.54) is 4.68 Å². The lowest BCUT2D eigenvalue weighted by atomic mass is 10.2. The molecule has 1 aromatic heterocycles. The Kier molecular flexibility index (Phi) is 6.71. The van der Waals surface area contributed by atoms with Gasteiger partial charge in [0.1, 0.15) is 5.69 Å². The number of hydrogen-bond donors (Lipinski definition) is 1. The number of benzene rings is 2. The molecule has 3 fully saturated rings. The van der Waals surface area contributed by atoms with Crippen LogP contribution in [-0.2, 0) is 16.7 Å². The number of anilines is 2. The van der Waals surface area contributed by atoms with Crippen molar-refractivity contribution >= 4 is 22.4 Å². The van der Waals surface area contributed by atoms with Gasteiger partial charge in [0, 0.05) is 37.3 Å². The van der Waals surface area contributed by atoms with Crippen molar-refractivity contribution in [2.45, 2.75) is 31.7 Å². The Morgan fingerprint density at radius 2 is 1.71 bits per heavy atom. The van der Waals surface area contributed by atoms with Crippen LogP contribution >= 0.6 is 0 Å². The predicted molar refractivity (Wildman–Crippen MR) is 150 cm³/mol. The summed E-state index contributed by atoms with van der Waals surface area (Å²) in [4.78, 5) is 17.8. The fourth-order valence-corrected chi connectivity index (χ4v) is 5.98. The van der Waals surface area contributed by atoms with E-state index in [4.69, 9.17) is 10.5 Å². The lowest BCUT2D eigenvalue weighted by Gasteiger charge is -2.35. The average molecular weight is 535 g/mol. The first-order valence-corrected chi connectivity index (χ1v) is 14.5. The van der Waals surface area contributed by atoms with Crippen LogP contribution in [0.2, 0.25) is 0 Å². The van der Waals surface area contributed by atoms with Gasteiger partial charge >= 0.3 is 5.56 Å². The summed E-state index contributed by atoms with van der Waals surface area (Å²) in [6.45, 7) is 6.13. The molecule has 3 aromatic rings. The molecule has 6 rings (SSSR count). The van der Waals surface area contributed by atoms with Gasteiger partial charge in [-0.15, -0.1) is 0 Å². The number of nitrogens with two attached hydrogens (primary N) is 1. The molecule has 1 saturated carbocycles. The summed E-state index contributed by atoms with van der Waals surface area (Å²) in [5.74, 6) is 0.825. The summed E-state index contributed by atoms with van der Waals surface area (Å²) in [5, 5.41) is 4.48. The van der Waals surface area contributed by atoms with Crippen molar-refractivity contribution in [3.8, 4) is 11.4 Å². The minimum atomic E-state index is -1.13. The number of ether oxygens (including phenoxy) is 1. The van der Waals surface area contributed by atoms with Crippen LogP contribution in [0.4, 0.5) is 11.4 Å². The Morgan fingerprint density at radius 3 is 2.34 bits per heavy atom. The Morgan fingerprint density at radius 1 is 1.03 bits per heavy atom. The van der Waals surface area contributed by atoms with Gasteiger partial charge in [-0.3, -0.25) is 4.79 Å². The van der Waals surface area contributed by atoms with Gasteiger partial charge in [0.05, 0.1) is 47.9 Å². The molecule has 2 atom stereocenters. The summed E-state index contributed by atoms with van der Waals surface area (Å²) in [5.41, 5.74) is 9.35. The molecule has 9 nitrogen and oxygen atoms in total. The summed E-state index contributed by atoms with van der Waals surface area (Å²) < 4.78 is 22.7. The topological polar surface area (TPSA) is 96.7 Å². The first-order valence-electron chi connectivity index (χ1n) is 13.2. The molecule has 3 aliphatic rings. The average Bonchev–Trinajstić information content (AvgIpc) is 3.87. The Balaban J connectivity index is 1.14. The van der Waals surface area contributed by atoms with Gasteiger partial charge in [0.2, 0.25) is 5.75 Å². The predicted octanol–water partition coefficient (Wildman–Crippen LogP) is 2.50. The second-order valence-electron chi connectivity index (χ2n) is 10.8. The van der Waals surface area contributed by atoms with E-state index in [1.807, 2.05) is 58.9 Å². The first kappa shape index (κ1) is 25.1. The van der Waals surface area contributed by atoms with E-state index in [1.54, 1.807) is 6.20 Å². The van der Waals surface area contributed by atoms with Gasteiger partial charge in [-0.05, 0) is 42.7 Å². The first-order chi connectivity index (χ1) is 18.4. The van der Waals surface area contributed by atoms with E-state index in [0.29, 0.717) is 55.7 Å². The fraction of sp³-hybridized carbons (Fsp3) is 0.429. The molecule has 0 amide bonds. The highest BCUT2D eigenvalue weighted by atomic mass is 32.2. The number of hydrogen-bond acceptors (Lipinski definition) is 7. The third kappa shape index (κ3) is 5.34. The van der Waals surface area contributed by atoms with E-state index < -0.39 is 11.0 Å². The molecule has 2 aliphatic heterocycles. The highest BCUT2D eigenvalue weighted by Crippen LogP contribution is 2.45. The minimum absolute atomic E-state index is 0.120. The number of aromatic nitrogens is 2. The molecule has 2 aromatic carbocycles. The molecule has 1 aliphatic carbocycles. The second-order valence-corrected chi connectivity index (χ2v) is 12.2. The molecule has 2 N–H and O–H groups in total. The van der Waals surface area contributed by atoms with Crippen molar-refractivity contribution in [1.82, 2.24) is 14.1 Å². The zero-order chi connectivity index (χ0) is 26.3. The maximum absolute atomic E-state index is 13.5. The zero-order valence-corrected chi connectivity index (χ0v) is 22.5. The highest BCUT2D eigenvalue weighted by molar-refractivity contribution is 7.81. The number of nitrogens with zero attached hydrogens (tertiary/aromatic N) is 5. The van der Waals surface area contributed by atoms with Gasteiger partial charge in [-0.1, -0.05) is 37.3 Å². The highest BCUT2D eigenvalue weighted by Gasteiger charge is 2.39. The Bertz CT molecular complexity index is 1370. The van der Waals surface area contributed by atoms with Crippen LogP contribution in [0.25, 0.3) is 5.69 Å². The lowest BCUT2D eigenvalue weighted by Crippen LogP contribution is -2.47. The lowest BCUT2D eigenvalue weighted by molar-refractivity contribution is 0.242. The summed E-state index contributed by atoms with van der Waals surface area (Å²) in [7, 11) is -1.13. The maximum Gasteiger partial charge on any atom is 0.316 e. The zero-order valence-electron chi connectivity index (χ0n) is 21.7. The molecular weight excluding hydrogens is 500 g/mol. The van der Waals surface area contributed by atoms with E-state index in [-0.39, 0.29) is 17.1 Å². The SMILES string of the molecule is CC1(COc2c(N3CCN(S(=O)Cc4ccc(N5CC5N)cc4)CC3)cnn(-c3ccccc3)c2=O)CC1. The Hall–Kier alpha value is -3.21. The second kappa shape index (κ2) is 10.2. The summed E-state index contributed by atoms with van der Waals surface area (Å²) >= 11 is 0. The third-order valence-corrected chi connectivity index (χ3v) is 9.18. The number of piperazine rings is 1. The van der Waals surface area contributed by atoms with Gasteiger partial charge in [0.15, 0.2) is 0 Å². The van der Waals surface area contributed by atoms with Crippen LogP contribution in [-0.4, -0.2) is 63.8 Å². The summed E-state index contributed by atoms with van der Waals surface area (Å²) in [6, 6.07) is 17.6. The van der Waals surface area contributed by atoms with Crippen molar-refractivity contribution in [2.75, 3.05) is 49.1 Å². The van der Waals surface area contributed by atoms with E-state index >= 15 is 0 Å². The molecule has 2 unspecified atom stereocenters. The van der Waals surface area contributed by atoms with Crippen molar-refractivity contribution in [3.05, 3.63) is 76.7 Å². The van der Waals surface area contributed by atoms with E-state index in [0.717, 1.165) is 30.6 Å². The monoisotopic (exact) mass is 534 g/mol. The third-order valence-electron chi connectivity index (χ3n) is 7.66. The Labute approximate surface area is 225 Å². The van der Waals surface area contributed by atoms with Crippen LogP contribution in [0, 0.1) is 5.41 Å². The standard InChI is InChI=1S/C28H34N6O3S/c1-28(11-12-28)20-37-26-24(17-30-34(27(26)35)23-5-3-2-4-6-23)31-13-15-32(16-14-31)38(36)19-21-7-9-22(10-8-21)33-18-25(33)29/h2-10,17,25H,11-16,18-20,29H2,1H3. The van der Waals surface area contributed by atoms with E-state index in [9.17, 15) is 9.00 Å². The quantitative estimate of drug-likeness (QED) is 0.422. The van der Waals surface area contributed by atoms with Crippen molar-refractivity contribution < 1.29 is 8.95 Å². The molecule has 0 spiro atoms. The van der Waals surface area contributed by atoms with Gasteiger partial charge < -0.3 is 20.3 Å². The molecule has 10 heteroatoms. The van der Waals surface area contributed by atoms with Crippen molar-refractivity contribution in [2.24, 2.45) is 11.1 Å². The molecule has 200 valence electrons. The van der Waals surface area contributed by atoms with Gasteiger partial charge in [-0.2, -0.15) is 9.78 Å². The molecule has 0 bridgehead atoms. The van der Waals surface area contributed by atoms with Gasteiger partial charge in [0.25, 0.3) is 0 Å². The maximum atomic E-state index is 13.5. The minimum Gasteiger partial charge on any atom is -0.486 e. The van der Waals surface area contributed by atoms with Crippen LogP contribution in [0.5, 0.6) is 5.75 Å². The van der Waals surface area contributed by atoms with E-state index in [2.05, 4.69) is 21.8 Å². The normalized spacial score (nSPS) is 21.3. The number of rotatable bonds is 9. The van der Waals surface area contributed by atoms with Crippen LogP contribution in [0.15, 0.2) is 65.6 Å². The fourth-order valence-electron chi connectivity index (χ4n) is 4.75. The van der Waals surface area contributed by atoms with Crippen molar-refractivity contribution in [1.29, 1.82) is 0 Å². The molecule has 2 saturated heterocycles. The van der Waals surface area contributed by atoms with Crippen molar-refractivity contribution in [3.63, 3.8) is 0 Å². The number of para-hydroxylation sites is 1. The molecule has 3 heterocycles.